The molecule has 0 amide bonds. The van der Waals surface area contributed by atoms with Crippen LogP contribution >= 0.6 is 0 Å². The molecule has 2 heteroatoms. The van der Waals surface area contributed by atoms with Crippen LogP contribution in [0.15, 0.2) is 0 Å². The molecule has 1 nitrogen and oxygen atoms in total. The fraction of sp³-hybridized carbons (Fsp3) is 1.00. The van der Waals surface area contributed by atoms with Crippen molar-refractivity contribution in [2.24, 2.45) is 0 Å². The third-order valence-corrected chi connectivity index (χ3v) is 10.8. The second-order valence-corrected chi connectivity index (χ2v) is 14.4. The van der Waals surface area contributed by atoms with Gasteiger partial charge in [-0.25, -0.2) is 0 Å². The Bertz CT molecular complexity index is 106. The van der Waals surface area contributed by atoms with E-state index in [1.807, 2.05) is 0 Å². The predicted molar refractivity (Wildman–Crippen MR) is 63.9 cm³/mol. The molecule has 78 valence electrons. The van der Waals surface area contributed by atoms with Crippen LogP contribution < -0.4 is 0 Å². The fourth-order valence-electron chi connectivity index (χ4n) is 1.61. The van der Waals surface area contributed by atoms with Crippen LogP contribution in [0.25, 0.3) is 0 Å². The molecule has 0 aromatic carbocycles. The molecule has 0 aliphatic carbocycles. The van der Waals surface area contributed by atoms with Crippen LogP contribution in [0.3, 0.4) is 0 Å². The van der Waals surface area contributed by atoms with E-state index in [9.17, 15) is 0 Å². The van der Waals surface area contributed by atoms with Gasteiger partial charge in [0.25, 0.3) is 0 Å². The zero-order chi connectivity index (χ0) is 10.1. The number of nitrogens with zero attached hydrogens (tertiary/aromatic N) is 1. The van der Waals surface area contributed by atoms with Gasteiger partial charge in [0.1, 0.15) is 0 Å². The SMILES string of the molecule is CCCN(CC)CC[CH2][In]([CH3])[CH2]C. The van der Waals surface area contributed by atoms with Crippen molar-refractivity contribution in [3.05, 3.63) is 0 Å². The summed E-state index contributed by atoms with van der Waals surface area (Å²) in [5.74, 6) is 0. The van der Waals surface area contributed by atoms with Crippen LogP contribution in [0, 0.1) is 0 Å². The summed E-state index contributed by atoms with van der Waals surface area (Å²) < 4.78 is 5.72. The topological polar surface area (TPSA) is 3.24 Å². The summed E-state index contributed by atoms with van der Waals surface area (Å²) in [7, 11) is 0. The maximum atomic E-state index is 2.59. The van der Waals surface area contributed by atoms with Crippen LogP contribution in [0.2, 0.25) is 13.0 Å². The van der Waals surface area contributed by atoms with Crippen molar-refractivity contribution < 1.29 is 0 Å². The Morgan fingerprint density at radius 1 is 1.08 bits per heavy atom. The summed E-state index contributed by atoms with van der Waals surface area (Å²) in [4.78, 5) is 2.59. The summed E-state index contributed by atoms with van der Waals surface area (Å²) in [5, 5.41) is 0. The van der Waals surface area contributed by atoms with Crippen molar-refractivity contribution in [3.63, 3.8) is 0 Å². The van der Waals surface area contributed by atoms with E-state index in [0.29, 0.717) is 0 Å². The quantitative estimate of drug-likeness (QED) is 0.662. The van der Waals surface area contributed by atoms with Crippen LogP contribution in [0.4, 0.5) is 0 Å². The van der Waals surface area contributed by atoms with Crippen molar-refractivity contribution in [1.29, 1.82) is 0 Å². The summed E-state index contributed by atoms with van der Waals surface area (Å²) in [6.45, 7) is 10.8. The minimum absolute atomic E-state index is 0.920. The molecule has 0 spiro atoms. The normalized spacial score (nSPS) is 10.8. The van der Waals surface area contributed by atoms with E-state index in [-0.39, 0.29) is 0 Å². The summed E-state index contributed by atoms with van der Waals surface area (Å²) in [6, 6.07) is 0. The summed E-state index contributed by atoms with van der Waals surface area (Å²) in [6.07, 6.45) is 2.78. The molecule has 0 bridgehead atoms. The Kier molecular flexibility index (Phi) is 9.99. The van der Waals surface area contributed by atoms with Gasteiger partial charge in [-0.2, -0.15) is 0 Å². The van der Waals surface area contributed by atoms with Crippen LogP contribution in [-0.2, 0) is 0 Å². The van der Waals surface area contributed by atoms with Gasteiger partial charge in [-0.3, -0.25) is 0 Å². The maximum absolute atomic E-state index is 2.59. The molecule has 13 heavy (non-hydrogen) atoms. The zero-order valence-corrected chi connectivity index (χ0v) is 13.3. The molecule has 0 aromatic rings. The molecule has 0 atom stereocenters. The van der Waals surface area contributed by atoms with Crippen LogP contribution in [0.5, 0.6) is 0 Å². The second-order valence-electron chi connectivity index (χ2n) is 4.09. The molecule has 0 fully saturated rings. The van der Waals surface area contributed by atoms with Gasteiger partial charge in [0.2, 0.25) is 0 Å². The van der Waals surface area contributed by atoms with Gasteiger partial charge >= 0.3 is 92.6 Å². The van der Waals surface area contributed by atoms with Gasteiger partial charge in [0.05, 0.1) is 0 Å². The van der Waals surface area contributed by atoms with E-state index in [0.717, 1.165) is 0 Å². The molecule has 0 aliphatic rings. The molecular weight excluding hydrogens is 261 g/mol. The average molecular weight is 287 g/mol. The van der Waals surface area contributed by atoms with Gasteiger partial charge in [0.15, 0.2) is 0 Å². The van der Waals surface area contributed by atoms with Crippen molar-refractivity contribution in [3.8, 4) is 0 Å². The van der Waals surface area contributed by atoms with Gasteiger partial charge in [-0.15, -0.1) is 0 Å². The first-order chi connectivity index (χ1) is 6.24. The number of rotatable bonds is 8. The van der Waals surface area contributed by atoms with E-state index in [4.69, 9.17) is 0 Å². The molecule has 0 heterocycles. The fourth-order valence-corrected chi connectivity index (χ4v) is 5.29. The van der Waals surface area contributed by atoms with E-state index in [2.05, 4.69) is 30.4 Å². The first-order valence-electron chi connectivity index (χ1n) is 5.96. The Morgan fingerprint density at radius 2 is 1.77 bits per heavy atom. The Hall–Kier alpha value is 0.830. The standard InChI is InChI=1S/C8H18N.C2H5.CH3.In/c1-4-7-9(6-3)8-5-2;1-2;;/h1,4-8H2,2-3H3;1H2,2H3;1H3;. The summed E-state index contributed by atoms with van der Waals surface area (Å²) in [5.41, 5.74) is 0. The van der Waals surface area contributed by atoms with Gasteiger partial charge < -0.3 is 0 Å². The molecule has 0 rings (SSSR count). The summed E-state index contributed by atoms with van der Waals surface area (Å²) >= 11 is -0.920. The minimum atomic E-state index is -0.920. The van der Waals surface area contributed by atoms with E-state index in [1.54, 1.807) is 8.35 Å². The van der Waals surface area contributed by atoms with E-state index >= 15 is 0 Å². The first kappa shape index (κ1) is 13.8. The monoisotopic (exact) mass is 287 g/mol. The van der Waals surface area contributed by atoms with E-state index < -0.39 is 21.4 Å². The van der Waals surface area contributed by atoms with Crippen molar-refractivity contribution in [2.45, 2.75) is 46.6 Å². The first-order valence-corrected chi connectivity index (χ1v) is 13.9. The van der Waals surface area contributed by atoms with Crippen LogP contribution in [-0.4, -0.2) is 46.0 Å². The predicted octanol–water partition coefficient (Wildman–Crippen LogP) is 3.25. The third-order valence-electron chi connectivity index (χ3n) is 2.86. The number of hydrogen-bond donors (Lipinski definition) is 0. The van der Waals surface area contributed by atoms with Gasteiger partial charge in [-0.05, 0) is 0 Å². The Morgan fingerprint density at radius 3 is 2.23 bits per heavy atom. The van der Waals surface area contributed by atoms with Crippen molar-refractivity contribution in [1.82, 2.24) is 4.90 Å². The second kappa shape index (κ2) is 9.39. The molecular formula is C11H26InN. The Balaban J connectivity index is 3.37. The molecule has 0 saturated heterocycles. The zero-order valence-electron chi connectivity index (χ0n) is 9.97. The van der Waals surface area contributed by atoms with Gasteiger partial charge in [-0.1, -0.05) is 0 Å². The molecule has 0 unspecified atom stereocenters. The molecule has 0 aliphatic heterocycles. The van der Waals surface area contributed by atoms with Gasteiger partial charge in [0, 0.05) is 0 Å². The molecule has 0 saturated carbocycles. The van der Waals surface area contributed by atoms with Crippen molar-refractivity contribution in [2.75, 3.05) is 19.6 Å². The average Bonchev–Trinajstić information content (AvgIpc) is 2.16. The number of hydrogen-bond acceptors (Lipinski definition) is 1. The Labute approximate surface area is 92.4 Å². The molecule has 0 radical (unpaired) electrons. The van der Waals surface area contributed by atoms with E-state index in [1.165, 1.54) is 32.5 Å². The van der Waals surface area contributed by atoms with Crippen molar-refractivity contribution >= 4 is 21.4 Å². The molecule has 0 N–H and O–H groups in total. The third kappa shape index (κ3) is 7.87. The van der Waals surface area contributed by atoms with Crippen LogP contribution in [0.1, 0.15) is 33.6 Å². The molecule has 0 aromatic heterocycles.